The van der Waals surface area contributed by atoms with Crippen molar-refractivity contribution in [2.24, 2.45) is 0 Å². The van der Waals surface area contributed by atoms with E-state index in [2.05, 4.69) is 118 Å². The predicted octanol–water partition coefficient (Wildman–Crippen LogP) is 6.56. The second-order valence-electron chi connectivity index (χ2n) is 13.1. The highest BCUT2D eigenvalue weighted by Crippen LogP contribution is 2.24. The highest BCUT2D eigenvalue weighted by atomic mass is 15.3. The maximum atomic E-state index is 8.91. The van der Waals surface area contributed by atoms with E-state index in [-0.39, 0.29) is 16.2 Å². The summed E-state index contributed by atoms with van der Waals surface area (Å²) in [5.41, 5.74) is 7.39. The molecule has 0 radical (unpaired) electrons. The normalized spacial score (nSPS) is 12.0. The van der Waals surface area contributed by atoms with Crippen LogP contribution in [0, 0.1) is 11.3 Å². The highest BCUT2D eigenvalue weighted by Gasteiger charge is 2.16. The minimum Gasteiger partial charge on any atom is -0.291 e. The van der Waals surface area contributed by atoms with E-state index in [0.717, 1.165) is 16.9 Å². The van der Waals surface area contributed by atoms with E-state index in [9.17, 15) is 0 Å². The first-order valence-corrected chi connectivity index (χ1v) is 13.6. The van der Waals surface area contributed by atoms with Gasteiger partial charge in [0.15, 0.2) is 11.3 Å². The van der Waals surface area contributed by atoms with Crippen molar-refractivity contribution in [3.63, 3.8) is 0 Å². The van der Waals surface area contributed by atoms with Gasteiger partial charge in [-0.15, -0.1) is 0 Å². The van der Waals surface area contributed by atoms with E-state index in [1.165, 1.54) is 16.7 Å². The largest absolute Gasteiger partial charge is 0.291 e. The third kappa shape index (κ3) is 6.95. The summed E-state index contributed by atoms with van der Waals surface area (Å²) in [5, 5.41) is 17.1. The molecule has 41 heavy (non-hydrogen) atoms. The summed E-state index contributed by atoms with van der Waals surface area (Å²) in [7, 11) is 0. The van der Waals surface area contributed by atoms with Crippen LogP contribution in [0.15, 0.2) is 73.8 Å². The van der Waals surface area contributed by atoms with Gasteiger partial charge < -0.3 is 0 Å². The summed E-state index contributed by atoms with van der Waals surface area (Å²) in [6.45, 7) is 19.6. The number of nitrogens with zero attached hydrogens (tertiary/aromatic N) is 9. The molecule has 0 unspecified atom stereocenters. The maximum Gasteiger partial charge on any atom is 0.155 e. The van der Waals surface area contributed by atoms with Crippen LogP contribution in [-0.4, -0.2) is 38.6 Å². The van der Waals surface area contributed by atoms with Gasteiger partial charge in [-0.05, 0) is 57.2 Å². The Morgan fingerprint density at radius 3 is 1.78 bits per heavy atom. The third-order valence-electron chi connectivity index (χ3n) is 6.77. The van der Waals surface area contributed by atoms with Crippen LogP contribution in [0.4, 0.5) is 0 Å². The molecule has 0 N–H and O–H groups in total. The molecule has 6 heterocycles. The molecule has 0 aliphatic rings. The molecule has 9 nitrogen and oxygen atoms in total. The smallest absolute Gasteiger partial charge is 0.155 e. The number of pyridine rings is 3. The van der Waals surface area contributed by atoms with E-state index < -0.39 is 0 Å². The second kappa shape index (κ2) is 11.1. The number of fused-ring (bicyclic) bond motifs is 3. The van der Waals surface area contributed by atoms with Gasteiger partial charge in [0.1, 0.15) is 30.1 Å². The first kappa shape index (κ1) is 29.4. The van der Waals surface area contributed by atoms with Gasteiger partial charge in [0.05, 0.1) is 6.20 Å². The number of hydrogen-bond acceptors (Lipinski definition) is 6. The van der Waals surface area contributed by atoms with Crippen LogP contribution >= 0.6 is 0 Å². The first-order valence-electron chi connectivity index (χ1n) is 13.6. The zero-order valence-corrected chi connectivity index (χ0v) is 25.5. The van der Waals surface area contributed by atoms with E-state index in [4.69, 9.17) is 5.26 Å². The summed E-state index contributed by atoms with van der Waals surface area (Å²) in [6, 6.07) is 14.4. The maximum absolute atomic E-state index is 8.91. The van der Waals surface area contributed by atoms with Gasteiger partial charge in [-0.1, -0.05) is 74.4 Å². The quantitative estimate of drug-likeness (QED) is 0.213. The molecule has 6 aromatic heterocycles. The van der Waals surface area contributed by atoms with Crippen molar-refractivity contribution < 1.29 is 0 Å². The SMILES string of the molecule is CC(C)(C)c1ccc2ncc(C#N)n2c1.CC(C)(C)c1ccc2ncnn2c1.CC(C)(C)c1ccn2ncnc2c1. The first-order chi connectivity index (χ1) is 19.2. The number of rotatable bonds is 0. The summed E-state index contributed by atoms with van der Waals surface area (Å²) >= 11 is 0. The Morgan fingerprint density at radius 2 is 1.17 bits per heavy atom. The number of aromatic nitrogens is 8. The summed E-state index contributed by atoms with van der Waals surface area (Å²) in [4.78, 5) is 12.4. The molecule has 6 rings (SSSR count). The molecule has 0 bridgehead atoms. The van der Waals surface area contributed by atoms with Crippen LogP contribution in [0.5, 0.6) is 0 Å². The molecule has 0 amide bonds. The Morgan fingerprint density at radius 1 is 0.610 bits per heavy atom. The topological polar surface area (TPSA) is 101 Å². The highest BCUT2D eigenvalue weighted by molar-refractivity contribution is 5.46. The monoisotopic (exact) mass is 549 g/mol. The fourth-order valence-electron chi connectivity index (χ4n) is 4.05. The van der Waals surface area contributed by atoms with E-state index >= 15 is 0 Å². The second-order valence-corrected chi connectivity index (χ2v) is 13.1. The van der Waals surface area contributed by atoms with Gasteiger partial charge in [-0.2, -0.15) is 15.5 Å². The third-order valence-corrected chi connectivity index (χ3v) is 6.77. The Labute approximate surface area is 241 Å². The Hall–Kier alpha value is -4.58. The molecule has 0 aliphatic carbocycles. The minimum absolute atomic E-state index is 0.0885. The van der Waals surface area contributed by atoms with E-state index in [1.807, 2.05) is 35.1 Å². The standard InChI is InChI=1S/C12H13N3.2C10H13N3/c1-12(2,3)9-4-5-11-14-7-10(6-13)15(11)8-9;1-10(2,3)8-4-5-13-9(6-8)11-7-12-13;1-10(2,3)8-4-5-9-11-7-12-13(9)6-8/h4-5,7-8H,1-3H3;2*4-7H,1-3H3. The lowest BCUT2D eigenvalue weighted by Crippen LogP contribution is -2.12. The average Bonchev–Trinajstić information content (AvgIpc) is 3.65. The van der Waals surface area contributed by atoms with Crippen LogP contribution < -0.4 is 0 Å². The predicted molar refractivity (Wildman–Crippen MR) is 162 cm³/mol. The van der Waals surface area contributed by atoms with Crippen molar-refractivity contribution >= 4 is 16.9 Å². The molecule has 0 atom stereocenters. The fourth-order valence-corrected chi connectivity index (χ4v) is 4.05. The van der Waals surface area contributed by atoms with Crippen molar-refractivity contribution in [3.8, 4) is 6.07 Å². The lowest BCUT2D eigenvalue weighted by Gasteiger charge is -2.18. The molecule has 0 spiro atoms. The zero-order valence-electron chi connectivity index (χ0n) is 25.5. The van der Waals surface area contributed by atoms with E-state index in [0.29, 0.717) is 5.69 Å². The van der Waals surface area contributed by atoms with Gasteiger partial charge in [0.2, 0.25) is 0 Å². The van der Waals surface area contributed by atoms with Crippen LogP contribution in [0.25, 0.3) is 16.9 Å². The number of hydrogen-bond donors (Lipinski definition) is 0. The molecule has 9 heteroatoms. The molecule has 0 aliphatic heterocycles. The molecule has 0 aromatic carbocycles. The van der Waals surface area contributed by atoms with Crippen molar-refractivity contribution in [2.75, 3.05) is 0 Å². The average molecular weight is 550 g/mol. The van der Waals surface area contributed by atoms with Gasteiger partial charge in [-0.25, -0.2) is 24.0 Å². The lowest BCUT2D eigenvalue weighted by atomic mass is 9.88. The van der Waals surface area contributed by atoms with Crippen molar-refractivity contribution in [3.05, 3.63) is 96.2 Å². The molecule has 0 fully saturated rings. The fraction of sp³-hybridized carbons (Fsp3) is 0.375. The summed E-state index contributed by atoms with van der Waals surface area (Å²) < 4.78 is 5.41. The lowest BCUT2D eigenvalue weighted by molar-refractivity contribution is 0.584. The Bertz CT molecular complexity index is 1730. The Balaban J connectivity index is 0.000000142. The molecule has 0 saturated carbocycles. The van der Waals surface area contributed by atoms with Crippen LogP contribution in [0.3, 0.4) is 0 Å². The van der Waals surface area contributed by atoms with Crippen molar-refractivity contribution in [1.82, 2.24) is 38.6 Å². The molecule has 0 saturated heterocycles. The van der Waals surface area contributed by atoms with Crippen LogP contribution in [0.2, 0.25) is 0 Å². The zero-order chi connectivity index (χ0) is 30.0. The van der Waals surface area contributed by atoms with Gasteiger partial charge >= 0.3 is 0 Å². The summed E-state index contributed by atoms with van der Waals surface area (Å²) in [5.74, 6) is 0. The van der Waals surface area contributed by atoms with Crippen molar-refractivity contribution in [1.29, 1.82) is 5.26 Å². The molecular formula is C32H39N9. The van der Waals surface area contributed by atoms with Crippen molar-refractivity contribution in [2.45, 2.75) is 78.6 Å². The van der Waals surface area contributed by atoms with Crippen LogP contribution in [-0.2, 0) is 16.2 Å². The molecule has 6 aromatic rings. The Kier molecular flexibility index (Phi) is 7.98. The molecule has 212 valence electrons. The van der Waals surface area contributed by atoms with Gasteiger partial charge in [-0.3, -0.25) is 4.40 Å². The number of imidazole rings is 1. The summed E-state index contributed by atoms with van der Waals surface area (Å²) in [6.07, 6.45) is 10.7. The van der Waals surface area contributed by atoms with Gasteiger partial charge in [0, 0.05) is 18.6 Å². The number of nitriles is 1. The molecular weight excluding hydrogens is 510 g/mol. The minimum atomic E-state index is 0.0885. The van der Waals surface area contributed by atoms with Gasteiger partial charge in [0.25, 0.3) is 0 Å². The van der Waals surface area contributed by atoms with E-state index in [1.54, 1.807) is 27.9 Å². The van der Waals surface area contributed by atoms with Crippen LogP contribution in [0.1, 0.15) is 84.7 Å².